The van der Waals surface area contributed by atoms with Crippen molar-refractivity contribution in [3.8, 4) is 5.88 Å². The van der Waals surface area contributed by atoms with E-state index in [1.54, 1.807) is 7.11 Å². The summed E-state index contributed by atoms with van der Waals surface area (Å²) in [4.78, 5) is 4.26. The molecule has 1 aromatic heterocycles. The van der Waals surface area contributed by atoms with Gasteiger partial charge in [0.1, 0.15) is 0 Å². The molecule has 0 saturated carbocycles. The zero-order valence-corrected chi connectivity index (χ0v) is 12.2. The van der Waals surface area contributed by atoms with Crippen molar-refractivity contribution in [3.63, 3.8) is 0 Å². The van der Waals surface area contributed by atoms with E-state index in [9.17, 15) is 0 Å². The van der Waals surface area contributed by atoms with E-state index >= 15 is 0 Å². The maximum atomic E-state index is 5.08. The van der Waals surface area contributed by atoms with Crippen molar-refractivity contribution in [1.82, 2.24) is 10.3 Å². The highest BCUT2D eigenvalue weighted by atomic mass is 16.5. The number of nitrogens with zero attached hydrogens (tertiary/aromatic N) is 1. The van der Waals surface area contributed by atoms with Gasteiger partial charge in [0.25, 0.3) is 0 Å². The lowest BCUT2D eigenvalue weighted by molar-refractivity contribution is 0.397. The Hall–Kier alpha value is -1.35. The van der Waals surface area contributed by atoms with Crippen LogP contribution >= 0.6 is 0 Å². The van der Waals surface area contributed by atoms with E-state index in [2.05, 4.69) is 29.9 Å². The van der Waals surface area contributed by atoms with E-state index in [-0.39, 0.29) is 0 Å². The smallest absolute Gasteiger partial charge is 0.212 e. The Morgan fingerprint density at radius 3 is 2.89 bits per heavy atom. The Kier molecular flexibility index (Phi) is 7.91. The van der Waals surface area contributed by atoms with Gasteiger partial charge < -0.3 is 10.1 Å². The maximum absolute atomic E-state index is 5.08. The molecule has 1 atom stereocenters. The Balaban J connectivity index is 2.50. The molecule has 0 bridgehead atoms. The van der Waals surface area contributed by atoms with E-state index in [4.69, 9.17) is 4.74 Å². The quantitative estimate of drug-likeness (QED) is 0.518. The van der Waals surface area contributed by atoms with Crippen LogP contribution in [-0.2, 0) is 6.42 Å². The molecule has 0 radical (unpaired) electrons. The number of unbranched alkanes of at least 4 members (excludes halogenated alkanes) is 1. The van der Waals surface area contributed by atoms with Crippen LogP contribution in [0.1, 0.15) is 38.2 Å². The van der Waals surface area contributed by atoms with Gasteiger partial charge >= 0.3 is 0 Å². The summed E-state index contributed by atoms with van der Waals surface area (Å²) >= 11 is 0. The van der Waals surface area contributed by atoms with Gasteiger partial charge in [-0.2, -0.15) is 0 Å². The van der Waals surface area contributed by atoms with Crippen LogP contribution in [0.3, 0.4) is 0 Å². The molecule has 19 heavy (non-hydrogen) atoms. The molecule has 0 aliphatic rings. The minimum atomic E-state index is 0.523. The second-order valence-corrected chi connectivity index (χ2v) is 4.78. The SMILES string of the molecule is C=CCCCC(Cc1ccc(OC)nc1)NCCC. The third-order valence-electron chi connectivity index (χ3n) is 3.13. The molecule has 1 unspecified atom stereocenters. The molecule has 0 aliphatic carbocycles. The van der Waals surface area contributed by atoms with Crippen LogP contribution in [0.4, 0.5) is 0 Å². The van der Waals surface area contributed by atoms with E-state index < -0.39 is 0 Å². The van der Waals surface area contributed by atoms with Gasteiger partial charge in [-0.05, 0) is 44.2 Å². The number of aromatic nitrogens is 1. The second-order valence-electron chi connectivity index (χ2n) is 4.78. The largest absolute Gasteiger partial charge is 0.481 e. The Bertz CT molecular complexity index is 348. The third kappa shape index (κ3) is 6.39. The summed E-state index contributed by atoms with van der Waals surface area (Å²) in [5.41, 5.74) is 1.26. The fourth-order valence-corrected chi connectivity index (χ4v) is 2.07. The number of allylic oxidation sites excluding steroid dienone is 1. The molecular weight excluding hydrogens is 236 g/mol. The first-order chi connectivity index (χ1) is 9.30. The molecule has 1 rings (SSSR count). The standard InChI is InChI=1S/C16H26N2O/c1-4-6-7-8-15(17-11-5-2)12-14-9-10-16(19-3)18-13-14/h4,9-10,13,15,17H,1,5-8,11-12H2,2-3H3. The van der Waals surface area contributed by atoms with Crippen molar-refractivity contribution in [2.24, 2.45) is 0 Å². The summed E-state index contributed by atoms with van der Waals surface area (Å²) < 4.78 is 5.08. The van der Waals surface area contributed by atoms with Gasteiger partial charge in [-0.15, -0.1) is 6.58 Å². The van der Waals surface area contributed by atoms with Gasteiger partial charge in [-0.3, -0.25) is 0 Å². The lowest BCUT2D eigenvalue weighted by Crippen LogP contribution is -2.31. The number of methoxy groups -OCH3 is 1. The molecule has 0 aromatic carbocycles. The fraction of sp³-hybridized carbons (Fsp3) is 0.562. The predicted molar refractivity (Wildman–Crippen MR) is 80.6 cm³/mol. The van der Waals surface area contributed by atoms with Crippen LogP contribution < -0.4 is 10.1 Å². The van der Waals surface area contributed by atoms with Crippen molar-refractivity contribution in [2.75, 3.05) is 13.7 Å². The summed E-state index contributed by atoms with van der Waals surface area (Å²) in [5, 5.41) is 3.61. The van der Waals surface area contributed by atoms with E-state index in [1.807, 2.05) is 18.3 Å². The van der Waals surface area contributed by atoms with Crippen LogP contribution in [0.15, 0.2) is 31.0 Å². The summed E-state index contributed by atoms with van der Waals surface area (Å²) in [6.45, 7) is 7.05. The highest BCUT2D eigenvalue weighted by Crippen LogP contribution is 2.12. The molecule has 3 heteroatoms. The van der Waals surface area contributed by atoms with Gasteiger partial charge in [-0.25, -0.2) is 4.98 Å². The Morgan fingerprint density at radius 2 is 2.32 bits per heavy atom. The highest BCUT2D eigenvalue weighted by Gasteiger charge is 2.08. The number of rotatable bonds is 10. The van der Waals surface area contributed by atoms with E-state index in [0.29, 0.717) is 11.9 Å². The average molecular weight is 262 g/mol. The average Bonchev–Trinajstić information content (AvgIpc) is 2.45. The van der Waals surface area contributed by atoms with Gasteiger partial charge in [0, 0.05) is 18.3 Å². The minimum Gasteiger partial charge on any atom is -0.481 e. The molecule has 106 valence electrons. The molecule has 1 aromatic rings. The normalized spacial score (nSPS) is 12.1. The predicted octanol–water partition coefficient (Wildman–Crippen LogP) is 3.36. The van der Waals surface area contributed by atoms with Gasteiger partial charge in [0.15, 0.2) is 0 Å². The summed E-state index contributed by atoms with van der Waals surface area (Å²) in [5.74, 6) is 0.675. The number of pyridine rings is 1. The summed E-state index contributed by atoms with van der Waals surface area (Å²) in [6, 6.07) is 4.55. The molecule has 3 nitrogen and oxygen atoms in total. The lowest BCUT2D eigenvalue weighted by Gasteiger charge is -2.18. The molecule has 0 aliphatic heterocycles. The van der Waals surface area contributed by atoms with Crippen molar-refractivity contribution >= 4 is 0 Å². The minimum absolute atomic E-state index is 0.523. The topological polar surface area (TPSA) is 34.1 Å². The fourth-order valence-electron chi connectivity index (χ4n) is 2.07. The zero-order valence-electron chi connectivity index (χ0n) is 12.2. The Morgan fingerprint density at radius 1 is 1.47 bits per heavy atom. The molecule has 0 amide bonds. The van der Waals surface area contributed by atoms with Crippen LogP contribution in [-0.4, -0.2) is 24.7 Å². The summed E-state index contributed by atoms with van der Waals surface area (Å²) in [6.07, 6.45) is 9.55. The first-order valence-electron chi connectivity index (χ1n) is 7.13. The number of hydrogen-bond acceptors (Lipinski definition) is 3. The number of hydrogen-bond donors (Lipinski definition) is 1. The molecular formula is C16H26N2O. The second kappa shape index (κ2) is 9.56. The number of nitrogens with one attached hydrogen (secondary N) is 1. The maximum Gasteiger partial charge on any atom is 0.212 e. The summed E-state index contributed by atoms with van der Waals surface area (Å²) in [7, 11) is 1.64. The highest BCUT2D eigenvalue weighted by molar-refractivity contribution is 5.18. The molecule has 1 heterocycles. The zero-order chi connectivity index (χ0) is 13.9. The van der Waals surface area contributed by atoms with Crippen molar-refractivity contribution in [1.29, 1.82) is 0 Å². The third-order valence-corrected chi connectivity index (χ3v) is 3.13. The van der Waals surface area contributed by atoms with Gasteiger partial charge in [0.2, 0.25) is 5.88 Å². The van der Waals surface area contributed by atoms with Crippen molar-refractivity contribution in [3.05, 3.63) is 36.5 Å². The van der Waals surface area contributed by atoms with Crippen LogP contribution in [0.5, 0.6) is 5.88 Å². The van der Waals surface area contributed by atoms with Gasteiger partial charge in [0.05, 0.1) is 7.11 Å². The van der Waals surface area contributed by atoms with Crippen LogP contribution in [0.25, 0.3) is 0 Å². The van der Waals surface area contributed by atoms with Crippen LogP contribution in [0, 0.1) is 0 Å². The van der Waals surface area contributed by atoms with Gasteiger partial charge in [-0.1, -0.05) is 19.1 Å². The lowest BCUT2D eigenvalue weighted by atomic mass is 10.0. The number of ether oxygens (including phenoxy) is 1. The van der Waals surface area contributed by atoms with E-state index in [1.165, 1.54) is 24.8 Å². The molecule has 0 fully saturated rings. The van der Waals surface area contributed by atoms with Crippen molar-refractivity contribution in [2.45, 2.75) is 45.1 Å². The molecule has 0 spiro atoms. The molecule has 1 N–H and O–H groups in total. The van der Waals surface area contributed by atoms with Crippen molar-refractivity contribution < 1.29 is 4.74 Å². The first-order valence-corrected chi connectivity index (χ1v) is 7.13. The molecule has 0 saturated heterocycles. The van der Waals surface area contributed by atoms with E-state index in [0.717, 1.165) is 19.4 Å². The first kappa shape index (κ1) is 15.7. The monoisotopic (exact) mass is 262 g/mol. The Labute approximate surface area is 117 Å². The van der Waals surface area contributed by atoms with Crippen LogP contribution in [0.2, 0.25) is 0 Å².